The molecule has 0 radical (unpaired) electrons. The summed E-state index contributed by atoms with van der Waals surface area (Å²) in [5, 5.41) is 14.2. The molecule has 6 atom stereocenters. The fourth-order valence-electron chi connectivity index (χ4n) is 7.11. The summed E-state index contributed by atoms with van der Waals surface area (Å²) >= 11 is 0. The van der Waals surface area contributed by atoms with Crippen LogP contribution >= 0.6 is 0 Å². The number of piperidine rings is 1. The number of rotatable bonds is 4. The fraction of sp³-hybridized carbons (Fsp3) is 0.760. The molecule has 1 aromatic carbocycles. The van der Waals surface area contributed by atoms with Crippen molar-refractivity contribution in [3.05, 3.63) is 29.3 Å². The minimum atomic E-state index is -0.0747. The molecule has 1 aliphatic heterocycles. The first kappa shape index (κ1) is 18.9. The Morgan fingerprint density at radius 2 is 2.07 bits per heavy atom. The van der Waals surface area contributed by atoms with Crippen molar-refractivity contribution in [2.45, 2.75) is 89.2 Å². The summed E-state index contributed by atoms with van der Waals surface area (Å²) in [5.41, 5.74) is 3.28. The predicted molar refractivity (Wildman–Crippen MR) is 113 cm³/mol. The topological polar surface area (TPSA) is 41.5 Å². The summed E-state index contributed by atoms with van der Waals surface area (Å²) in [7, 11) is 0. The SMILES string of the molecule is C[C@]12CC[C@@H]3c4ccc(OCCC5CCCCN5)cc4CC[C@H]3[C@@H]1CC[C@@H]2O. The van der Waals surface area contributed by atoms with Gasteiger partial charge in [-0.25, -0.2) is 0 Å². The summed E-state index contributed by atoms with van der Waals surface area (Å²) in [6, 6.07) is 7.56. The molecule has 1 saturated heterocycles. The summed E-state index contributed by atoms with van der Waals surface area (Å²) in [6.45, 7) is 4.35. The van der Waals surface area contributed by atoms with Crippen molar-refractivity contribution in [1.82, 2.24) is 5.32 Å². The molecule has 0 spiro atoms. The average Bonchev–Trinajstić information content (AvgIpc) is 3.03. The Hall–Kier alpha value is -1.06. The highest BCUT2D eigenvalue weighted by atomic mass is 16.5. The Kier molecular flexibility index (Phi) is 5.17. The van der Waals surface area contributed by atoms with Crippen molar-refractivity contribution < 1.29 is 9.84 Å². The molecule has 1 unspecified atom stereocenters. The quantitative estimate of drug-likeness (QED) is 0.784. The maximum absolute atomic E-state index is 10.6. The predicted octanol–water partition coefficient (Wildman–Crippen LogP) is 4.81. The summed E-state index contributed by atoms with van der Waals surface area (Å²) in [4.78, 5) is 0. The van der Waals surface area contributed by atoms with Crippen molar-refractivity contribution >= 4 is 0 Å². The van der Waals surface area contributed by atoms with Crippen LogP contribution in [0.3, 0.4) is 0 Å². The number of ether oxygens (including phenoxy) is 1. The van der Waals surface area contributed by atoms with Crippen LogP contribution in [0.25, 0.3) is 0 Å². The third-order valence-corrected chi connectivity index (χ3v) is 8.80. The molecule has 5 rings (SSSR count). The molecule has 154 valence electrons. The number of hydrogen-bond acceptors (Lipinski definition) is 3. The van der Waals surface area contributed by atoms with Gasteiger partial charge < -0.3 is 15.2 Å². The molecule has 2 saturated carbocycles. The van der Waals surface area contributed by atoms with Gasteiger partial charge in [-0.1, -0.05) is 19.4 Å². The number of aliphatic hydroxyl groups excluding tert-OH is 1. The van der Waals surface area contributed by atoms with Gasteiger partial charge in [0.1, 0.15) is 5.75 Å². The minimum absolute atomic E-state index is 0.0747. The highest BCUT2D eigenvalue weighted by Gasteiger charge is 2.54. The summed E-state index contributed by atoms with van der Waals surface area (Å²) in [6.07, 6.45) is 12.2. The van der Waals surface area contributed by atoms with E-state index in [0.29, 0.717) is 17.9 Å². The van der Waals surface area contributed by atoms with E-state index in [-0.39, 0.29) is 11.5 Å². The van der Waals surface area contributed by atoms with Crippen molar-refractivity contribution in [2.24, 2.45) is 17.3 Å². The molecule has 1 heterocycles. The van der Waals surface area contributed by atoms with E-state index in [4.69, 9.17) is 4.74 Å². The third kappa shape index (κ3) is 3.29. The lowest BCUT2D eigenvalue weighted by Crippen LogP contribution is -2.43. The van der Waals surface area contributed by atoms with Gasteiger partial charge in [-0.2, -0.15) is 0 Å². The first-order chi connectivity index (χ1) is 13.6. The van der Waals surface area contributed by atoms with E-state index in [0.717, 1.165) is 31.1 Å². The van der Waals surface area contributed by atoms with Gasteiger partial charge in [-0.3, -0.25) is 0 Å². The third-order valence-electron chi connectivity index (χ3n) is 8.80. The molecule has 1 aromatic rings. The van der Waals surface area contributed by atoms with Gasteiger partial charge >= 0.3 is 0 Å². The Bertz CT molecular complexity index is 698. The van der Waals surface area contributed by atoms with Gasteiger partial charge in [-0.15, -0.1) is 0 Å². The van der Waals surface area contributed by atoms with E-state index in [1.807, 2.05) is 0 Å². The number of hydrogen-bond donors (Lipinski definition) is 2. The summed E-state index contributed by atoms with van der Waals surface area (Å²) in [5.74, 6) is 3.25. The van der Waals surface area contributed by atoms with Crippen LogP contribution in [-0.4, -0.2) is 30.4 Å². The molecule has 4 aliphatic rings. The monoisotopic (exact) mass is 383 g/mol. The zero-order chi connectivity index (χ0) is 19.1. The second-order valence-electron chi connectivity index (χ2n) is 10.2. The van der Waals surface area contributed by atoms with Crippen LogP contribution in [-0.2, 0) is 6.42 Å². The number of fused-ring (bicyclic) bond motifs is 5. The lowest BCUT2D eigenvalue weighted by molar-refractivity contribution is -0.0226. The molecule has 0 bridgehead atoms. The Balaban J connectivity index is 1.25. The van der Waals surface area contributed by atoms with Gasteiger partial charge in [0.15, 0.2) is 0 Å². The molecule has 3 nitrogen and oxygen atoms in total. The van der Waals surface area contributed by atoms with E-state index < -0.39 is 0 Å². The van der Waals surface area contributed by atoms with E-state index >= 15 is 0 Å². The first-order valence-corrected chi connectivity index (χ1v) is 11.8. The first-order valence-electron chi connectivity index (χ1n) is 11.8. The van der Waals surface area contributed by atoms with Crippen molar-refractivity contribution in [2.75, 3.05) is 13.2 Å². The van der Waals surface area contributed by atoms with Crippen molar-refractivity contribution in [1.29, 1.82) is 0 Å². The van der Waals surface area contributed by atoms with E-state index in [1.54, 1.807) is 5.56 Å². The van der Waals surface area contributed by atoms with Crippen LogP contribution in [0.5, 0.6) is 5.75 Å². The Morgan fingerprint density at radius 3 is 2.93 bits per heavy atom. The van der Waals surface area contributed by atoms with E-state index in [2.05, 4.69) is 30.4 Å². The largest absolute Gasteiger partial charge is 0.494 e. The number of aliphatic hydroxyl groups is 1. The second-order valence-corrected chi connectivity index (χ2v) is 10.2. The van der Waals surface area contributed by atoms with Crippen molar-refractivity contribution in [3.63, 3.8) is 0 Å². The standard InChI is InChI=1S/C25H37NO2/c1-25-13-11-21-20-8-6-19(28-15-12-18-4-2-3-14-26-18)16-17(20)5-7-22(21)23(25)9-10-24(25)27/h6,8,16,18,21-24,26-27H,2-5,7,9-15H2,1H3/t18?,21-,22-,23+,24+,25+/m1/s1. The van der Waals surface area contributed by atoms with E-state index in [1.165, 1.54) is 63.5 Å². The number of benzene rings is 1. The van der Waals surface area contributed by atoms with Crippen LogP contribution in [0.1, 0.15) is 81.8 Å². The number of aryl methyl sites for hydroxylation is 1. The van der Waals surface area contributed by atoms with Gasteiger partial charge in [0.25, 0.3) is 0 Å². The maximum Gasteiger partial charge on any atom is 0.119 e. The average molecular weight is 384 g/mol. The maximum atomic E-state index is 10.6. The van der Waals surface area contributed by atoms with Gasteiger partial charge in [0, 0.05) is 6.04 Å². The Labute approximate surface area is 170 Å². The molecule has 3 fully saturated rings. The molecule has 0 amide bonds. The highest BCUT2D eigenvalue weighted by molar-refractivity contribution is 5.40. The molecule has 2 N–H and O–H groups in total. The zero-order valence-electron chi connectivity index (χ0n) is 17.5. The van der Waals surface area contributed by atoms with Crippen LogP contribution < -0.4 is 10.1 Å². The van der Waals surface area contributed by atoms with E-state index in [9.17, 15) is 5.11 Å². The van der Waals surface area contributed by atoms with Crippen LogP contribution in [0.15, 0.2) is 18.2 Å². The highest BCUT2D eigenvalue weighted by Crippen LogP contribution is 2.60. The molecule has 3 aliphatic carbocycles. The van der Waals surface area contributed by atoms with Gasteiger partial charge in [0.2, 0.25) is 0 Å². The number of nitrogens with one attached hydrogen (secondary N) is 1. The van der Waals surface area contributed by atoms with Gasteiger partial charge in [-0.05, 0) is 111 Å². The molecule has 28 heavy (non-hydrogen) atoms. The van der Waals surface area contributed by atoms with Crippen molar-refractivity contribution in [3.8, 4) is 5.75 Å². The molecular weight excluding hydrogens is 346 g/mol. The molecule has 0 aromatic heterocycles. The zero-order valence-corrected chi connectivity index (χ0v) is 17.5. The summed E-state index contributed by atoms with van der Waals surface area (Å²) < 4.78 is 6.14. The van der Waals surface area contributed by atoms with Crippen LogP contribution in [0, 0.1) is 17.3 Å². The normalized spacial score (nSPS) is 39.7. The minimum Gasteiger partial charge on any atom is -0.494 e. The molecular formula is C25H37NO2. The lowest BCUT2D eigenvalue weighted by atomic mass is 9.55. The fourth-order valence-corrected chi connectivity index (χ4v) is 7.11. The smallest absolute Gasteiger partial charge is 0.119 e. The Morgan fingerprint density at radius 1 is 1.14 bits per heavy atom. The second kappa shape index (κ2) is 7.65. The van der Waals surface area contributed by atoms with Crippen LogP contribution in [0.2, 0.25) is 0 Å². The molecule has 3 heteroatoms. The lowest BCUT2D eigenvalue weighted by Gasteiger charge is -2.50. The van der Waals surface area contributed by atoms with Gasteiger partial charge in [0.05, 0.1) is 12.7 Å². The van der Waals surface area contributed by atoms with Crippen LogP contribution in [0.4, 0.5) is 0 Å².